The lowest BCUT2D eigenvalue weighted by atomic mass is 9.86. The van der Waals surface area contributed by atoms with Gasteiger partial charge in [-0.2, -0.15) is 5.26 Å². The second-order valence-corrected chi connectivity index (χ2v) is 10.8. The van der Waals surface area contributed by atoms with Crippen LogP contribution in [0.25, 0.3) is 0 Å². The van der Waals surface area contributed by atoms with Crippen molar-refractivity contribution in [1.82, 2.24) is 5.32 Å². The number of aliphatic carboxylic acids is 1. The molecule has 1 heterocycles. The molecule has 198 valence electrons. The molecule has 8 nitrogen and oxygen atoms in total. The third kappa shape index (κ3) is 5.38. The third-order valence-electron chi connectivity index (χ3n) is 8.25. The minimum absolute atomic E-state index is 0.0343. The molecule has 0 bridgehead atoms. The predicted molar refractivity (Wildman–Crippen MR) is 141 cm³/mol. The number of hydrogen-bond acceptors (Lipinski definition) is 5. The molecular formula is C30H33N3O5. The van der Waals surface area contributed by atoms with Gasteiger partial charge in [0.2, 0.25) is 5.91 Å². The number of amides is 2. The normalized spacial score (nSPS) is 22.0. The highest BCUT2D eigenvalue weighted by atomic mass is 16.5. The Morgan fingerprint density at radius 2 is 1.92 bits per heavy atom. The average molecular weight is 516 g/mol. The lowest BCUT2D eigenvalue weighted by molar-refractivity contribution is -0.137. The van der Waals surface area contributed by atoms with Crippen LogP contribution >= 0.6 is 0 Å². The number of ether oxygens (including phenoxy) is 1. The number of carboxylic acids is 1. The van der Waals surface area contributed by atoms with Gasteiger partial charge in [0.15, 0.2) is 0 Å². The fourth-order valence-electron chi connectivity index (χ4n) is 6.03. The Kier molecular flexibility index (Phi) is 7.37. The molecular weight excluding hydrogens is 482 g/mol. The van der Waals surface area contributed by atoms with E-state index < -0.39 is 5.97 Å². The van der Waals surface area contributed by atoms with Gasteiger partial charge in [0.05, 0.1) is 18.2 Å². The Bertz CT molecular complexity index is 1290. The molecule has 2 saturated carbocycles. The lowest BCUT2D eigenvalue weighted by Crippen LogP contribution is -2.36. The van der Waals surface area contributed by atoms with E-state index in [1.807, 2.05) is 12.1 Å². The first-order valence-corrected chi connectivity index (χ1v) is 13.5. The molecule has 0 aromatic heterocycles. The highest BCUT2D eigenvalue weighted by Gasteiger charge is 2.61. The molecule has 38 heavy (non-hydrogen) atoms. The van der Waals surface area contributed by atoms with Gasteiger partial charge in [-0.05, 0) is 74.4 Å². The summed E-state index contributed by atoms with van der Waals surface area (Å²) in [5, 5.41) is 24.5. The van der Waals surface area contributed by atoms with E-state index in [1.165, 1.54) is 6.42 Å². The summed E-state index contributed by atoms with van der Waals surface area (Å²) < 4.78 is 5.90. The van der Waals surface area contributed by atoms with Crippen LogP contribution in [0.5, 0.6) is 5.75 Å². The molecule has 2 aliphatic carbocycles. The summed E-state index contributed by atoms with van der Waals surface area (Å²) in [6, 6.07) is 13.0. The fourth-order valence-corrected chi connectivity index (χ4v) is 6.03. The first-order chi connectivity index (χ1) is 18.4. The average Bonchev–Trinajstić information content (AvgIpc) is 3.64. The molecule has 2 aromatic carbocycles. The van der Waals surface area contributed by atoms with E-state index >= 15 is 0 Å². The molecule has 2 unspecified atom stereocenters. The number of carbonyl (C=O) groups excluding carboxylic acids is 2. The van der Waals surface area contributed by atoms with E-state index in [0.29, 0.717) is 49.1 Å². The Labute approximate surface area is 222 Å². The number of benzene rings is 2. The van der Waals surface area contributed by atoms with Gasteiger partial charge in [0.25, 0.3) is 5.91 Å². The summed E-state index contributed by atoms with van der Waals surface area (Å²) in [5.74, 6) is -0.638. The quantitative estimate of drug-likeness (QED) is 0.467. The van der Waals surface area contributed by atoms with Gasteiger partial charge in [-0.1, -0.05) is 25.3 Å². The third-order valence-corrected chi connectivity index (χ3v) is 8.25. The van der Waals surface area contributed by atoms with Gasteiger partial charge < -0.3 is 20.5 Å². The second-order valence-electron chi connectivity index (χ2n) is 10.8. The molecule has 0 radical (unpaired) electrons. The number of anilines is 1. The molecule has 3 aliphatic rings. The van der Waals surface area contributed by atoms with Crippen LogP contribution < -0.4 is 15.4 Å². The van der Waals surface area contributed by atoms with Crippen molar-refractivity contribution in [2.75, 3.05) is 11.9 Å². The number of rotatable bonds is 8. The number of carboxylic acid groups (broad SMARTS) is 1. The molecule has 1 spiro atoms. The highest BCUT2D eigenvalue weighted by Crippen LogP contribution is 2.61. The number of fused-ring (bicyclic) bond motifs is 2. The number of aryl methyl sites for hydroxylation is 1. The van der Waals surface area contributed by atoms with Gasteiger partial charge in [-0.15, -0.1) is 0 Å². The smallest absolute Gasteiger partial charge is 0.303 e. The summed E-state index contributed by atoms with van der Waals surface area (Å²) in [4.78, 5) is 37.4. The maximum Gasteiger partial charge on any atom is 0.303 e. The monoisotopic (exact) mass is 515 g/mol. The molecule has 8 heteroatoms. The van der Waals surface area contributed by atoms with Crippen molar-refractivity contribution in [3.8, 4) is 11.8 Å². The van der Waals surface area contributed by atoms with E-state index in [9.17, 15) is 19.6 Å². The maximum atomic E-state index is 13.5. The summed E-state index contributed by atoms with van der Waals surface area (Å²) in [6.45, 7) is 0.509. The molecule has 0 saturated heterocycles. The number of nitrogens with zero attached hydrogens (tertiary/aromatic N) is 1. The first kappa shape index (κ1) is 25.8. The zero-order valence-electron chi connectivity index (χ0n) is 21.4. The fraction of sp³-hybridized carbons (Fsp3) is 0.467. The van der Waals surface area contributed by atoms with Crippen LogP contribution in [-0.4, -0.2) is 35.5 Å². The van der Waals surface area contributed by atoms with E-state index in [1.54, 1.807) is 24.3 Å². The standard InChI is InChI=1S/C30H33N3O5/c31-18-19-9-10-20(5-4-8-27(34)35)25(15-19)33-29(37)24-17-30(24)13-14-38-26-12-11-21(16-23(26)30)28(36)32-22-6-2-1-3-7-22/h9-12,15-16,22,24H,1-8,13-14,17H2,(H,32,36)(H,33,37)(H,34,35). The van der Waals surface area contributed by atoms with Crippen LogP contribution in [0, 0.1) is 17.2 Å². The molecule has 2 fully saturated rings. The SMILES string of the molecule is N#Cc1ccc(CCCC(=O)O)c(NC(=O)C2CC23CCOc2ccc(C(=O)NC4CCCCC4)cc23)c1. The number of nitriles is 1. The summed E-state index contributed by atoms with van der Waals surface area (Å²) in [5.41, 5.74) is 2.91. The minimum atomic E-state index is -0.867. The predicted octanol–water partition coefficient (Wildman–Crippen LogP) is 4.71. The Balaban J connectivity index is 1.32. The molecule has 3 N–H and O–H groups in total. The van der Waals surface area contributed by atoms with Crippen LogP contribution in [0.2, 0.25) is 0 Å². The Morgan fingerprint density at radius 1 is 1.11 bits per heavy atom. The van der Waals surface area contributed by atoms with Crippen molar-refractivity contribution >= 4 is 23.5 Å². The van der Waals surface area contributed by atoms with Crippen molar-refractivity contribution in [1.29, 1.82) is 5.26 Å². The second kappa shape index (κ2) is 10.9. The van der Waals surface area contributed by atoms with E-state index in [-0.39, 0.29) is 35.6 Å². The summed E-state index contributed by atoms with van der Waals surface area (Å²) >= 11 is 0. The zero-order valence-corrected chi connectivity index (χ0v) is 21.4. The Hall–Kier alpha value is -3.86. The van der Waals surface area contributed by atoms with Crippen molar-refractivity contribution in [2.45, 2.75) is 75.7 Å². The summed E-state index contributed by atoms with van der Waals surface area (Å²) in [7, 11) is 0. The highest BCUT2D eigenvalue weighted by molar-refractivity contribution is 5.98. The molecule has 1 aliphatic heterocycles. The van der Waals surface area contributed by atoms with E-state index in [2.05, 4.69) is 16.7 Å². The van der Waals surface area contributed by atoms with Gasteiger partial charge in [-0.25, -0.2) is 0 Å². The lowest BCUT2D eigenvalue weighted by Gasteiger charge is -2.28. The van der Waals surface area contributed by atoms with Crippen molar-refractivity contribution < 1.29 is 24.2 Å². The summed E-state index contributed by atoms with van der Waals surface area (Å²) in [6.07, 6.45) is 7.83. The van der Waals surface area contributed by atoms with Crippen LogP contribution in [0.4, 0.5) is 5.69 Å². The topological polar surface area (TPSA) is 129 Å². The van der Waals surface area contributed by atoms with Crippen LogP contribution in [-0.2, 0) is 21.4 Å². The number of carbonyl (C=O) groups is 3. The maximum absolute atomic E-state index is 13.5. The van der Waals surface area contributed by atoms with E-state index in [4.69, 9.17) is 9.84 Å². The minimum Gasteiger partial charge on any atom is -0.493 e. The Morgan fingerprint density at radius 3 is 2.68 bits per heavy atom. The number of hydrogen-bond donors (Lipinski definition) is 3. The van der Waals surface area contributed by atoms with E-state index in [0.717, 1.165) is 42.6 Å². The van der Waals surface area contributed by atoms with Crippen LogP contribution in [0.3, 0.4) is 0 Å². The molecule has 2 amide bonds. The van der Waals surface area contributed by atoms with Gasteiger partial charge >= 0.3 is 5.97 Å². The van der Waals surface area contributed by atoms with Crippen molar-refractivity contribution in [3.63, 3.8) is 0 Å². The van der Waals surface area contributed by atoms with Crippen LogP contribution in [0.1, 0.15) is 84.8 Å². The first-order valence-electron chi connectivity index (χ1n) is 13.5. The van der Waals surface area contributed by atoms with Gasteiger partial charge in [0.1, 0.15) is 5.75 Å². The molecule has 2 atom stereocenters. The van der Waals surface area contributed by atoms with Crippen molar-refractivity contribution in [2.24, 2.45) is 5.92 Å². The molecule has 2 aromatic rings. The largest absolute Gasteiger partial charge is 0.493 e. The molecule has 5 rings (SSSR count). The van der Waals surface area contributed by atoms with Gasteiger partial charge in [-0.3, -0.25) is 14.4 Å². The number of nitrogens with one attached hydrogen (secondary N) is 2. The zero-order chi connectivity index (χ0) is 26.7. The van der Waals surface area contributed by atoms with Crippen molar-refractivity contribution in [3.05, 3.63) is 58.7 Å². The van der Waals surface area contributed by atoms with Crippen LogP contribution in [0.15, 0.2) is 36.4 Å². The van der Waals surface area contributed by atoms with Gasteiger partial charge in [0, 0.05) is 40.6 Å².